The second-order valence-corrected chi connectivity index (χ2v) is 6.20. The highest BCUT2D eigenvalue weighted by Crippen LogP contribution is 2.19. The number of hydrogen-bond donors (Lipinski definition) is 1. The first-order valence-corrected chi connectivity index (χ1v) is 8.23. The van der Waals surface area contributed by atoms with Crippen LogP contribution in [0, 0.1) is 11.7 Å². The molecule has 2 aliphatic rings. The molecule has 1 aromatic carbocycles. The molecular weight excluding hydrogens is 299 g/mol. The van der Waals surface area contributed by atoms with Crippen LogP contribution in [-0.2, 0) is 4.74 Å². The smallest absolute Gasteiger partial charge is 0.317 e. The summed E-state index contributed by atoms with van der Waals surface area (Å²) >= 11 is 0. The Morgan fingerprint density at radius 3 is 2.83 bits per heavy atom. The molecule has 0 unspecified atom stereocenters. The predicted molar refractivity (Wildman–Crippen MR) is 83.9 cm³/mol. The average Bonchev–Trinajstić information content (AvgIpc) is 2.53. The zero-order valence-corrected chi connectivity index (χ0v) is 13.2. The summed E-state index contributed by atoms with van der Waals surface area (Å²) in [5.74, 6) is 0.916. The number of urea groups is 1. The molecule has 3 rings (SSSR count). The van der Waals surface area contributed by atoms with Crippen LogP contribution in [0.4, 0.5) is 9.18 Å². The van der Waals surface area contributed by atoms with E-state index in [-0.39, 0.29) is 18.0 Å². The third kappa shape index (κ3) is 4.58. The zero-order valence-electron chi connectivity index (χ0n) is 13.2. The molecule has 0 bridgehead atoms. The Morgan fingerprint density at radius 2 is 2.13 bits per heavy atom. The van der Waals surface area contributed by atoms with E-state index in [9.17, 15) is 9.18 Å². The molecule has 2 heterocycles. The van der Waals surface area contributed by atoms with Crippen molar-refractivity contribution in [1.29, 1.82) is 0 Å². The topological polar surface area (TPSA) is 50.8 Å². The molecule has 0 aromatic heterocycles. The van der Waals surface area contributed by atoms with Crippen molar-refractivity contribution in [3.05, 3.63) is 30.1 Å². The van der Waals surface area contributed by atoms with Gasteiger partial charge in [-0.1, -0.05) is 0 Å². The number of carbonyl (C=O) groups is 1. The Kier molecular flexibility index (Phi) is 5.33. The lowest BCUT2D eigenvalue weighted by Gasteiger charge is -2.38. The average molecular weight is 322 g/mol. The van der Waals surface area contributed by atoms with Crippen molar-refractivity contribution in [1.82, 2.24) is 10.2 Å². The van der Waals surface area contributed by atoms with Gasteiger partial charge in [0.15, 0.2) is 0 Å². The van der Waals surface area contributed by atoms with Crippen LogP contribution >= 0.6 is 0 Å². The first-order chi connectivity index (χ1) is 11.2. The zero-order chi connectivity index (χ0) is 16.1. The molecule has 1 atom stereocenters. The van der Waals surface area contributed by atoms with Crippen LogP contribution < -0.4 is 10.1 Å². The highest BCUT2D eigenvalue weighted by Gasteiger charge is 2.32. The number of nitrogens with zero attached hydrogens (tertiary/aromatic N) is 1. The predicted octanol–water partition coefficient (Wildman–Crippen LogP) is 2.42. The van der Waals surface area contributed by atoms with Gasteiger partial charge in [-0.15, -0.1) is 0 Å². The molecule has 0 aliphatic carbocycles. The number of amides is 2. The van der Waals surface area contributed by atoms with Gasteiger partial charge >= 0.3 is 6.03 Å². The van der Waals surface area contributed by atoms with Gasteiger partial charge in [-0.3, -0.25) is 0 Å². The number of rotatable bonds is 5. The molecule has 0 saturated carbocycles. The van der Waals surface area contributed by atoms with Gasteiger partial charge in [-0.05, 0) is 49.4 Å². The maximum atomic E-state index is 12.8. The van der Waals surface area contributed by atoms with Gasteiger partial charge in [-0.25, -0.2) is 9.18 Å². The van der Waals surface area contributed by atoms with Gasteiger partial charge in [0.1, 0.15) is 17.7 Å². The summed E-state index contributed by atoms with van der Waals surface area (Å²) in [5, 5.41) is 2.95. The van der Waals surface area contributed by atoms with Crippen molar-refractivity contribution < 1.29 is 18.7 Å². The Bertz CT molecular complexity index is 511. The van der Waals surface area contributed by atoms with Crippen molar-refractivity contribution in [2.24, 2.45) is 5.92 Å². The second kappa shape index (κ2) is 7.64. The van der Waals surface area contributed by atoms with Gasteiger partial charge < -0.3 is 19.7 Å². The van der Waals surface area contributed by atoms with Crippen molar-refractivity contribution in [2.75, 3.05) is 32.8 Å². The Morgan fingerprint density at radius 1 is 1.35 bits per heavy atom. The standard InChI is InChI=1S/C17H23FN2O3/c18-14-3-5-15(6-4-14)23-16-10-20(11-16)17(21)19-8-7-13-2-1-9-22-12-13/h3-6,13,16H,1-2,7-12H2,(H,19,21)/t13-/m0/s1. The molecule has 5 nitrogen and oxygen atoms in total. The molecule has 6 heteroatoms. The summed E-state index contributed by atoms with van der Waals surface area (Å²) in [6.07, 6.45) is 3.26. The van der Waals surface area contributed by atoms with Gasteiger partial charge in [0.25, 0.3) is 0 Å². The van der Waals surface area contributed by atoms with Crippen LogP contribution in [-0.4, -0.2) is 49.9 Å². The molecule has 1 aromatic rings. The lowest BCUT2D eigenvalue weighted by atomic mass is 9.99. The molecule has 2 saturated heterocycles. The van der Waals surface area contributed by atoms with E-state index in [0.717, 1.165) is 26.1 Å². The van der Waals surface area contributed by atoms with Crippen LogP contribution in [0.1, 0.15) is 19.3 Å². The monoisotopic (exact) mass is 322 g/mol. The quantitative estimate of drug-likeness (QED) is 0.906. The van der Waals surface area contributed by atoms with Gasteiger partial charge in [-0.2, -0.15) is 0 Å². The fourth-order valence-electron chi connectivity index (χ4n) is 2.91. The Labute approximate surface area is 135 Å². The van der Waals surface area contributed by atoms with Crippen LogP contribution in [0.25, 0.3) is 0 Å². The number of hydrogen-bond acceptors (Lipinski definition) is 3. The van der Waals surface area contributed by atoms with Crippen molar-refractivity contribution in [3.63, 3.8) is 0 Å². The van der Waals surface area contributed by atoms with Gasteiger partial charge in [0, 0.05) is 19.8 Å². The minimum Gasteiger partial charge on any atom is -0.487 e. The van der Waals surface area contributed by atoms with E-state index in [2.05, 4.69) is 5.32 Å². The largest absolute Gasteiger partial charge is 0.487 e. The SMILES string of the molecule is O=C(NCC[C@@H]1CCCOC1)N1CC(Oc2ccc(F)cc2)C1. The van der Waals surface area contributed by atoms with Crippen LogP contribution in [0.5, 0.6) is 5.75 Å². The summed E-state index contributed by atoms with van der Waals surface area (Å²) in [6.45, 7) is 3.50. The van der Waals surface area contributed by atoms with Crippen molar-refractivity contribution in [2.45, 2.75) is 25.4 Å². The fourth-order valence-corrected chi connectivity index (χ4v) is 2.91. The number of halogens is 1. The Hall–Kier alpha value is -1.82. The molecule has 126 valence electrons. The molecule has 0 radical (unpaired) electrons. The number of carbonyl (C=O) groups excluding carboxylic acids is 1. The minimum absolute atomic E-state index is 0.0158. The fraction of sp³-hybridized carbons (Fsp3) is 0.588. The Balaban J connectivity index is 1.31. The molecule has 0 spiro atoms. The summed E-state index contributed by atoms with van der Waals surface area (Å²) in [6, 6.07) is 5.90. The number of nitrogens with one attached hydrogen (secondary N) is 1. The lowest BCUT2D eigenvalue weighted by Crippen LogP contribution is -2.59. The third-order valence-corrected chi connectivity index (χ3v) is 4.34. The highest BCUT2D eigenvalue weighted by molar-refractivity contribution is 5.75. The van der Waals surface area contributed by atoms with Gasteiger partial charge in [0.2, 0.25) is 0 Å². The molecule has 1 N–H and O–H groups in total. The van der Waals surface area contributed by atoms with Crippen molar-refractivity contribution in [3.8, 4) is 5.75 Å². The number of benzene rings is 1. The van der Waals surface area contributed by atoms with Crippen molar-refractivity contribution >= 4 is 6.03 Å². The first kappa shape index (κ1) is 16.1. The van der Waals surface area contributed by atoms with Crippen LogP contribution in [0.2, 0.25) is 0 Å². The van der Waals surface area contributed by atoms with E-state index in [1.165, 1.54) is 18.6 Å². The molecule has 2 fully saturated rings. The third-order valence-electron chi connectivity index (χ3n) is 4.34. The lowest BCUT2D eigenvalue weighted by molar-refractivity contribution is 0.0419. The van der Waals surface area contributed by atoms with E-state index in [0.29, 0.717) is 31.3 Å². The van der Waals surface area contributed by atoms with E-state index in [1.807, 2.05) is 0 Å². The van der Waals surface area contributed by atoms with Crippen LogP contribution in [0.15, 0.2) is 24.3 Å². The maximum absolute atomic E-state index is 12.8. The molecule has 2 aliphatic heterocycles. The van der Waals surface area contributed by atoms with E-state index < -0.39 is 0 Å². The summed E-state index contributed by atoms with van der Waals surface area (Å²) in [7, 11) is 0. The molecule has 2 amide bonds. The van der Waals surface area contributed by atoms with Crippen LogP contribution in [0.3, 0.4) is 0 Å². The van der Waals surface area contributed by atoms with E-state index in [1.54, 1.807) is 17.0 Å². The van der Waals surface area contributed by atoms with Gasteiger partial charge in [0.05, 0.1) is 13.1 Å². The maximum Gasteiger partial charge on any atom is 0.317 e. The summed E-state index contributed by atoms with van der Waals surface area (Å²) < 4.78 is 23.9. The first-order valence-electron chi connectivity index (χ1n) is 8.23. The second-order valence-electron chi connectivity index (χ2n) is 6.20. The molecular formula is C17H23FN2O3. The normalized spacial score (nSPS) is 21.6. The van der Waals surface area contributed by atoms with E-state index in [4.69, 9.17) is 9.47 Å². The highest BCUT2D eigenvalue weighted by atomic mass is 19.1. The molecule has 23 heavy (non-hydrogen) atoms. The number of ether oxygens (including phenoxy) is 2. The summed E-state index contributed by atoms with van der Waals surface area (Å²) in [5.41, 5.74) is 0. The summed E-state index contributed by atoms with van der Waals surface area (Å²) in [4.78, 5) is 13.7. The van der Waals surface area contributed by atoms with E-state index >= 15 is 0 Å². The number of likely N-dealkylation sites (tertiary alicyclic amines) is 1. The minimum atomic E-state index is -0.282.